The summed E-state index contributed by atoms with van der Waals surface area (Å²) in [6.07, 6.45) is 1.25. The van der Waals surface area contributed by atoms with Gasteiger partial charge in [-0.3, -0.25) is 9.59 Å². The van der Waals surface area contributed by atoms with Crippen LogP contribution in [0.4, 0.5) is 0 Å². The van der Waals surface area contributed by atoms with Crippen LogP contribution in [0.25, 0.3) is 22.3 Å². The number of hydrogen-bond donors (Lipinski definition) is 2. The van der Waals surface area contributed by atoms with E-state index in [4.69, 9.17) is 29.7 Å². The second kappa shape index (κ2) is 12.5. The van der Waals surface area contributed by atoms with Gasteiger partial charge < -0.3 is 34.6 Å². The highest BCUT2D eigenvalue weighted by molar-refractivity contribution is 5.86. The van der Waals surface area contributed by atoms with Gasteiger partial charge in [-0.15, -0.1) is 0 Å². The number of aromatic nitrogens is 2. The first-order valence-electron chi connectivity index (χ1n) is 14.8. The second-order valence-corrected chi connectivity index (χ2v) is 12.3. The fraction of sp³-hybridized carbons (Fsp3) is 0.455. The van der Waals surface area contributed by atoms with Gasteiger partial charge in [0.25, 0.3) is 5.56 Å². The molecule has 1 unspecified atom stereocenters. The van der Waals surface area contributed by atoms with E-state index in [1.165, 1.54) is 0 Å². The Hall–Kier alpha value is -4.06. The molecule has 11 nitrogen and oxygen atoms in total. The largest absolute Gasteiger partial charge is 0.458 e. The number of rotatable bonds is 12. The number of cyclic esters (lactones) is 1. The van der Waals surface area contributed by atoms with Gasteiger partial charge in [0.05, 0.1) is 53.4 Å². The Labute approximate surface area is 256 Å². The molecular weight excluding hydrogens is 564 g/mol. The van der Waals surface area contributed by atoms with Crippen molar-refractivity contribution in [3.8, 4) is 11.4 Å². The molecule has 234 valence electrons. The molecule has 3 aromatic rings. The molecule has 5 rings (SSSR count). The van der Waals surface area contributed by atoms with Crippen LogP contribution in [0.5, 0.6) is 0 Å². The number of nitrogens with zero attached hydrogens (tertiary/aromatic N) is 2. The highest BCUT2D eigenvalue weighted by atomic mass is 16.6. The Morgan fingerprint density at radius 3 is 2.68 bits per heavy atom. The minimum Gasteiger partial charge on any atom is -0.458 e. The van der Waals surface area contributed by atoms with Crippen molar-refractivity contribution in [2.75, 3.05) is 26.3 Å². The first kappa shape index (κ1) is 31.4. The quantitative estimate of drug-likeness (QED) is 0.231. The molecular formula is C33H40N4O7. The number of carbonyl (C=O) groups is 2. The van der Waals surface area contributed by atoms with Crippen LogP contribution in [0.15, 0.2) is 53.0 Å². The number of benzene rings is 1. The van der Waals surface area contributed by atoms with Gasteiger partial charge >= 0.3 is 11.9 Å². The number of esters is 2. The average Bonchev–Trinajstić information content (AvgIpc) is 3.35. The number of fused-ring (bicyclic) bond motifs is 5. The van der Waals surface area contributed by atoms with E-state index in [2.05, 4.69) is 5.32 Å². The molecule has 2 aliphatic heterocycles. The summed E-state index contributed by atoms with van der Waals surface area (Å²) < 4.78 is 24.5. The molecule has 1 aromatic carbocycles. The first-order valence-corrected chi connectivity index (χ1v) is 14.8. The number of pyridine rings is 2. The number of nitrogens with two attached hydrogens (primary N) is 1. The Morgan fingerprint density at radius 2 is 1.93 bits per heavy atom. The number of carbonyl (C=O) groups excluding carboxylic acids is 2. The molecule has 11 heteroatoms. The maximum Gasteiger partial charge on any atom is 0.352 e. The van der Waals surface area contributed by atoms with Crippen LogP contribution in [0.1, 0.15) is 63.8 Å². The Morgan fingerprint density at radius 1 is 1.16 bits per heavy atom. The predicted octanol–water partition coefficient (Wildman–Crippen LogP) is 3.50. The van der Waals surface area contributed by atoms with Crippen molar-refractivity contribution in [1.29, 1.82) is 0 Å². The lowest BCUT2D eigenvalue weighted by atomic mass is 10.00. The zero-order valence-electron chi connectivity index (χ0n) is 25.9. The normalized spacial score (nSPS) is 16.3. The van der Waals surface area contributed by atoms with Crippen LogP contribution in [0.3, 0.4) is 0 Å². The lowest BCUT2D eigenvalue weighted by molar-refractivity contribution is -0.171. The van der Waals surface area contributed by atoms with E-state index < -0.39 is 29.2 Å². The van der Waals surface area contributed by atoms with Gasteiger partial charge in [0, 0.05) is 28.8 Å². The molecule has 3 N–H and O–H groups in total. The van der Waals surface area contributed by atoms with Crippen LogP contribution in [0, 0.1) is 0 Å². The molecule has 0 aliphatic carbocycles. The molecule has 4 heterocycles. The number of hydrogen-bond acceptors (Lipinski definition) is 10. The summed E-state index contributed by atoms with van der Waals surface area (Å²) in [5.41, 5.74) is 8.65. The lowest BCUT2D eigenvalue weighted by Crippen LogP contribution is -2.41. The van der Waals surface area contributed by atoms with Gasteiger partial charge in [0.2, 0.25) is 6.10 Å². The SMILES string of the molecule is CC/C=C(\COC(C)(C)COC(C)(C)CN)NCC(=O)OC1C(=O)OCc2c1cc1n(c2=O)Cc2cc3ccccc3nc2-1. The summed E-state index contributed by atoms with van der Waals surface area (Å²) in [4.78, 5) is 44.1. The summed E-state index contributed by atoms with van der Waals surface area (Å²) in [5, 5.41) is 4.04. The summed E-state index contributed by atoms with van der Waals surface area (Å²) in [6.45, 7) is 10.5. The van der Waals surface area contributed by atoms with E-state index in [0.29, 0.717) is 54.3 Å². The molecule has 0 radical (unpaired) electrons. The summed E-state index contributed by atoms with van der Waals surface area (Å²) in [5.74, 6) is -1.41. The zero-order chi connectivity index (χ0) is 31.6. The van der Waals surface area contributed by atoms with Gasteiger partial charge in [-0.1, -0.05) is 31.2 Å². The topological polar surface area (TPSA) is 144 Å². The van der Waals surface area contributed by atoms with Crippen LogP contribution < -0.4 is 16.6 Å². The number of ether oxygens (including phenoxy) is 4. The monoisotopic (exact) mass is 604 g/mol. The van der Waals surface area contributed by atoms with Gasteiger partial charge in [0.15, 0.2) is 0 Å². The first-order chi connectivity index (χ1) is 20.9. The zero-order valence-corrected chi connectivity index (χ0v) is 25.9. The molecule has 0 saturated heterocycles. The van der Waals surface area contributed by atoms with Crippen molar-refractivity contribution >= 4 is 22.8 Å². The van der Waals surface area contributed by atoms with E-state index >= 15 is 0 Å². The fourth-order valence-electron chi connectivity index (χ4n) is 5.10. The standard InChI is InChI=1S/C33H40N4O7/c1-6-9-22(16-42-33(4,5)19-43-32(2,3)18-34)35-14-27(38)44-29-23-13-26-28-21(12-20-10-7-8-11-25(20)36-28)15-37(26)30(39)24(23)17-41-31(29)40/h7-13,29,35H,6,14-19,34H2,1-5H3/b22-9+. The average molecular weight is 605 g/mol. The third-order valence-corrected chi connectivity index (χ3v) is 7.74. The third kappa shape index (κ3) is 6.69. The van der Waals surface area contributed by atoms with Gasteiger partial charge in [-0.25, -0.2) is 9.78 Å². The predicted molar refractivity (Wildman–Crippen MR) is 165 cm³/mol. The summed E-state index contributed by atoms with van der Waals surface area (Å²) >= 11 is 0. The highest BCUT2D eigenvalue weighted by Crippen LogP contribution is 2.36. The molecule has 0 spiro atoms. The highest BCUT2D eigenvalue weighted by Gasteiger charge is 2.37. The van der Waals surface area contributed by atoms with Crippen molar-refractivity contribution in [2.45, 2.75) is 71.5 Å². The van der Waals surface area contributed by atoms with Gasteiger partial charge in [-0.2, -0.15) is 0 Å². The number of para-hydroxylation sites is 1. The molecule has 2 aromatic heterocycles. The Bertz CT molecular complexity index is 1670. The van der Waals surface area contributed by atoms with Crippen molar-refractivity contribution in [1.82, 2.24) is 14.9 Å². The van der Waals surface area contributed by atoms with Crippen molar-refractivity contribution in [3.63, 3.8) is 0 Å². The number of nitrogens with one attached hydrogen (secondary N) is 1. The minimum atomic E-state index is -1.37. The summed E-state index contributed by atoms with van der Waals surface area (Å²) in [6, 6.07) is 11.5. The van der Waals surface area contributed by atoms with Crippen LogP contribution >= 0.6 is 0 Å². The van der Waals surface area contributed by atoms with Crippen LogP contribution in [-0.2, 0) is 41.7 Å². The maximum absolute atomic E-state index is 13.5. The molecule has 2 aliphatic rings. The van der Waals surface area contributed by atoms with Crippen LogP contribution in [0.2, 0.25) is 0 Å². The molecule has 0 amide bonds. The van der Waals surface area contributed by atoms with E-state index in [0.717, 1.165) is 16.5 Å². The molecule has 1 atom stereocenters. The molecule has 0 saturated carbocycles. The molecule has 0 bridgehead atoms. The smallest absolute Gasteiger partial charge is 0.352 e. The van der Waals surface area contributed by atoms with Crippen LogP contribution in [-0.4, -0.2) is 59.0 Å². The third-order valence-electron chi connectivity index (χ3n) is 7.74. The van der Waals surface area contributed by atoms with E-state index in [1.54, 1.807) is 10.6 Å². The number of allylic oxidation sites excluding steroid dienone is 1. The molecule has 44 heavy (non-hydrogen) atoms. The molecule has 0 fully saturated rings. The maximum atomic E-state index is 13.5. The van der Waals surface area contributed by atoms with Gasteiger partial charge in [0.1, 0.15) is 13.2 Å². The van der Waals surface area contributed by atoms with Crippen molar-refractivity contribution in [3.05, 3.63) is 75.2 Å². The minimum absolute atomic E-state index is 0.186. The Kier molecular flexibility index (Phi) is 8.92. The lowest BCUT2D eigenvalue weighted by Gasteiger charge is -2.31. The second-order valence-electron chi connectivity index (χ2n) is 12.3. The van der Waals surface area contributed by atoms with E-state index in [1.807, 2.05) is 71.0 Å². The van der Waals surface area contributed by atoms with Crippen molar-refractivity contribution in [2.24, 2.45) is 5.73 Å². The van der Waals surface area contributed by atoms with Gasteiger partial charge in [-0.05, 0) is 52.3 Å². The van der Waals surface area contributed by atoms with E-state index in [9.17, 15) is 14.4 Å². The van der Waals surface area contributed by atoms with E-state index in [-0.39, 0.29) is 25.3 Å². The summed E-state index contributed by atoms with van der Waals surface area (Å²) in [7, 11) is 0. The fourth-order valence-corrected chi connectivity index (χ4v) is 5.10. The Balaban J connectivity index is 1.28. The van der Waals surface area contributed by atoms with Crippen molar-refractivity contribution < 1.29 is 28.5 Å².